The molecule has 4 rings (SSSR count). The minimum absolute atomic E-state index is 0.179. The van der Waals surface area contributed by atoms with Gasteiger partial charge in [-0.25, -0.2) is 8.42 Å². The van der Waals surface area contributed by atoms with E-state index in [1.165, 1.54) is 0 Å². The standard InChI is InChI=1S/C21H20N2O4S/c1-14-7-10-19(20(24)22-14)23-12-16-9-8-15(11-18(16)21(23)25)13-28(26,27)17-5-3-2-4-6-17/h2-6,8-9,11,19H,1,7,10,12-13H2,(H,22,24). The van der Waals surface area contributed by atoms with Crippen LogP contribution in [0.4, 0.5) is 0 Å². The second kappa shape index (κ2) is 6.91. The zero-order chi connectivity index (χ0) is 19.9. The summed E-state index contributed by atoms with van der Waals surface area (Å²) in [6.45, 7) is 4.11. The maximum Gasteiger partial charge on any atom is 0.255 e. The van der Waals surface area contributed by atoms with Crippen molar-refractivity contribution in [3.8, 4) is 0 Å². The summed E-state index contributed by atoms with van der Waals surface area (Å²) in [5.41, 5.74) is 2.50. The Balaban J connectivity index is 1.57. The van der Waals surface area contributed by atoms with E-state index in [4.69, 9.17) is 0 Å². The van der Waals surface area contributed by atoms with Gasteiger partial charge in [-0.2, -0.15) is 0 Å². The number of rotatable bonds is 4. The number of fused-ring (bicyclic) bond motifs is 1. The number of hydrogen-bond donors (Lipinski definition) is 1. The predicted molar refractivity (Wildman–Crippen MR) is 104 cm³/mol. The molecular weight excluding hydrogens is 376 g/mol. The van der Waals surface area contributed by atoms with Gasteiger partial charge in [-0.05, 0) is 42.2 Å². The molecule has 2 aromatic rings. The Hall–Kier alpha value is -2.93. The van der Waals surface area contributed by atoms with Gasteiger partial charge < -0.3 is 10.2 Å². The number of nitrogens with zero attached hydrogens (tertiary/aromatic N) is 1. The third-order valence-electron chi connectivity index (χ3n) is 5.16. The molecule has 2 amide bonds. The monoisotopic (exact) mass is 396 g/mol. The van der Waals surface area contributed by atoms with E-state index in [-0.39, 0.29) is 22.5 Å². The number of benzene rings is 2. The summed E-state index contributed by atoms with van der Waals surface area (Å²) in [5.74, 6) is -0.632. The van der Waals surface area contributed by atoms with Crippen LogP contribution in [0.15, 0.2) is 65.7 Å². The predicted octanol–water partition coefficient (Wildman–Crippen LogP) is 2.41. The van der Waals surface area contributed by atoms with E-state index >= 15 is 0 Å². The molecule has 2 aromatic carbocycles. The number of piperidine rings is 1. The Morgan fingerprint density at radius 2 is 1.86 bits per heavy atom. The van der Waals surface area contributed by atoms with E-state index in [0.717, 1.165) is 5.56 Å². The van der Waals surface area contributed by atoms with E-state index in [1.807, 2.05) is 0 Å². The van der Waals surface area contributed by atoms with Crippen molar-refractivity contribution < 1.29 is 18.0 Å². The fourth-order valence-electron chi connectivity index (χ4n) is 3.70. The van der Waals surface area contributed by atoms with Crippen molar-refractivity contribution in [1.82, 2.24) is 10.2 Å². The Kier molecular flexibility index (Phi) is 4.55. The second-order valence-electron chi connectivity index (χ2n) is 7.14. The lowest BCUT2D eigenvalue weighted by atomic mass is 10.0. The second-order valence-corrected chi connectivity index (χ2v) is 9.13. The molecule has 2 aliphatic rings. The smallest absolute Gasteiger partial charge is 0.255 e. The highest BCUT2D eigenvalue weighted by atomic mass is 32.2. The number of carbonyl (C=O) groups excluding carboxylic acids is 2. The van der Waals surface area contributed by atoms with Crippen molar-refractivity contribution >= 4 is 21.7 Å². The average Bonchev–Trinajstić information content (AvgIpc) is 2.98. The molecule has 7 heteroatoms. The third kappa shape index (κ3) is 3.33. The van der Waals surface area contributed by atoms with Crippen molar-refractivity contribution in [3.05, 3.63) is 77.5 Å². The van der Waals surface area contributed by atoms with Crippen LogP contribution >= 0.6 is 0 Å². The Morgan fingerprint density at radius 3 is 2.57 bits per heavy atom. The van der Waals surface area contributed by atoms with Gasteiger partial charge in [-0.3, -0.25) is 9.59 Å². The summed E-state index contributed by atoms with van der Waals surface area (Å²) in [6, 6.07) is 12.9. The van der Waals surface area contributed by atoms with Crippen LogP contribution in [-0.2, 0) is 26.9 Å². The van der Waals surface area contributed by atoms with Crippen LogP contribution in [0.1, 0.15) is 34.3 Å². The molecule has 0 spiro atoms. The summed E-state index contributed by atoms with van der Waals surface area (Å²) < 4.78 is 25.2. The van der Waals surface area contributed by atoms with Crippen LogP contribution in [0.5, 0.6) is 0 Å². The Bertz CT molecular complexity index is 1080. The maximum atomic E-state index is 12.9. The Morgan fingerprint density at radius 1 is 1.11 bits per heavy atom. The summed E-state index contributed by atoms with van der Waals surface area (Å²) >= 11 is 0. The van der Waals surface area contributed by atoms with Gasteiger partial charge in [0, 0.05) is 17.8 Å². The molecule has 0 aliphatic carbocycles. The minimum Gasteiger partial charge on any atom is -0.329 e. The summed E-state index contributed by atoms with van der Waals surface area (Å²) in [7, 11) is -3.50. The van der Waals surface area contributed by atoms with Gasteiger partial charge in [0.05, 0.1) is 10.6 Å². The van der Waals surface area contributed by atoms with Crippen molar-refractivity contribution in [1.29, 1.82) is 0 Å². The quantitative estimate of drug-likeness (QED) is 0.860. The molecule has 0 aromatic heterocycles. The van der Waals surface area contributed by atoms with Crippen molar-refractivity contribution in [2.45, 2.75) is 36.1 Å². The lowest BCUT2D eigenvalue weighted by Gasteiger charge is -2.30. The highest BCUT2D eigenvalue weighted by Gasteiger charge is 2.38. The lowest BCUT2D eigenvalue weighted by Crippen LogP contribution is -2.49. The molecule has 1 fully saturated rings. The van der Waals surface area contributed by atoms with Gasteiger partial charge in [0.1, 0.15) is 6.04 Å². The van der Waals surface area contributed by atoms with Crippen LogP contribution in [-0.4, -0.2) is 31.2 Å². The van der Waals surface area contributed by atoms with E-state index in [0.29, 0.717) is 36.2 Å². The third-order valence-corrected chi connectivity index (χ3v) is 6.87. The molecule has 1 N–H and O–H groups in total. The first kappa shape index (κ1) is 18.4. The first-order valence-corrected chi connectivity index (χ1v) is 10.7. The molecule has 0 radical (unpaired) electrons. The van der Waals surface area contributed by atoms with Gasteiger partial charge in [0.2, 0.25) is 5.91 Å². The highest BCUT2D eigenvalue weighted by Crippen LogP contribution is 2.29. The van der Waals surface area contributed by atoms with Crippen molar-refractivity contribution in [2.24, 2.45) is 0 Å². The Labute approximate surface area is 163 Å². The zero-order valence-corrected chi connectivity index (χ0v) is 16.0. The molecular formula is C21H20N2O4S. The molecule has 1 unspecified atom stereocenters. The van der Waals surface area contributed by atoms with Crippen LogP contribution in [0.3, 0.4) is 0 Å². The summed E-state index contributed by atoms with van der Waals surface area (Å²) in [6.07, 6.45) is 1.18. The minimum atomic E-state index is -3.50. The molecule has 1 saturated heterocycles. The fourth-order valence-corrected chi connectivity index (χ4v) is 5.06. The zero-order valence-electron chi connectivity index (χ0n) is 15.2. The van der Waals surface area contributed by atoms with Crippen molar-refractivity contribution in [3.63, 3.8) is 0 Å². The normalized spacial score (nSPS) is 19.5. The molecule has 144 valence electrons. The molecule has 6 nitrogen and oxygen atoms in total. The molecule has 0 bridgehead atoms. The molecule has 0 saturated carbocycles. The van der Waals surface area contributed by atoms with E-state index in [9.17, 15) is 18.0 Å². The van der Waals surface area contributed by atoms with Gasteiger partial charge in [0.15, 0.2) is 9.84 Å². The van der Waals surface area contributed by atoms with E-state index < -0.39 is 15.9 Å². The first-order valence-electron chi connectivity index (χ1n) is 9.04. The van der Waals surface area contributed by atoms with Gasteiger partial charge in [-0.1, -0.05) is 36.9 Å². The number of carbonyl (C=O) groups is 2. The maximum absolute atomic E-state index is 12.9. The highest BCUT2D eigenvalue weighted by molar-refractivity contribution is 7.90. The fraction of sp³-hybridized carbons (Fsp3) is 0.238. The van der Waals surface area contributed by atoms with Crippen molar-refractivity contribution in [2.75, 3.05) is 0 Å². The number of amides is 2. The number of sulfone groups is 1. The molecule has 28 heavy (non-hydrogen) atoms. The lowest BCUT2D eigenvalue weighted by molar-refractivity contribution is -0.126. The first-order chi connectivity index (χ1) is 13.3. The summed E-state index contributed by atoms with van der Waals surface area (Å²) in [4.78, 5) is 26.9. The van der Waals surface area contributed by atoms with Crippen LogP contribution in [0.2, 0.25) is 0 Å². The van der Waals surface area contributed by atoms with Gasteiger partial charge >= 0.3 is 0 Å². The van der Waals surface area contributed by atoms with E-state index in [1.54, 1.807) is 53.4 Å². The van der Waals surface area contributed by atoms with Gasteiger partial charge in [-0.15, -0.1) is 0 Å². The number of hydrogen-bond acceptors (Lipinski definition) is 4. The topological polar surface area (TPSA) is 83.6 Å². The largest absolute Gasteiger partial charge is 0.329 e. The van der Waals surface area contributed by atoms with E-state index in [2.05, 4.69) is 11.9 Å². The summed E-state index contributed by atoms with van der Waals surface area (Å²) in [5, 5.41) is 2.71. The average molecular weight is 396 g/mol. The molecule has 1 atom stereocenters. The van der Waals surface area contributed by atoms with Crippen LogP contribution < -0.4 is 5.32 Å². The van der Waals surface area contributed by atoms with Crippen LogP contribution in [0.25, 0.3) is 0 Å². The van der Waals surface area contributed by atoms with Crippen LogP contribution in [0, 0.1) is 0 Å². The molecule has 2 heterocycles. The SMILES string of the molecule is C=C1CCC(N2Cc3ccc(CS(=O)(=O)c4ccccc4)cc3C2=O)C(=O)N1. The number of allylic oxidation sites excluding steroid dienone is 1. The number of nitrogens with one attached hydrogen (secondary N) is 1. The van der Waals surface area contributed by atoms with Gasteiger partial charge in [0.25, 0.3) is 5.91 Å². The molecule has 2 aliphatic heterocycles.